The fourth-order valence-electron chi connectivity index (χ4n) is 10.7. The molecule has 10 nitrogen and oxygen atoms in total. The van der Waals surface area contributed by atoms with E-state index in [2.05, 4.69) is 185 Å². The van der Waals surface area contributed by atoms with Crippen molar-refractivity contribution in [1.29, 1.82) is 0 Å². The second-order valence-corrected chi connectivity index (χ2v) is 19.9. The average Bonchev–Trinajstić information content (AvgIpc) is 3.49. The smallest absolute Gasteiger partial charge is 0.423 e. The Morgan fingerprint density at radius 2 is 0.782 bits per heavy atom. The van der Waals surface area contributed by atoms with Crippen LogP contribution in [0.5, 0.6) is 0 Å². The molecule has 0 unspecified atom stereocenters. The summed E-state index contributed by atoms with van der Waals surface area (Å²) in [6, 6.07) is 74.9. The van der Waals surface area contributed by atoms with Gasteiger partial charge in [0.1, 0.15) is 0 Å². The van der Waals surface area contributed by atoms with Crippen LogP contribution in [0.3, 0.4) is 0 Å². The predicted molar refractivity (Wildman–Crippen MR) is 316 cm³/mol. The van der Waals surface area contributed by atoms with E-state index in [1.165, 1.54) is 43.8 Å². The number of hydrogen-bond acceptors (Lipinski definition) is 10. The zero-order valence-electron chi connectivity index (χ0n) is 44.5. The molecule has 0 saturated heterocycles. The first-order chi connectivity index (χ1) is 38.4. The van der Waals surface area contributed by atoms with Crippen LogP contribution >= 0.6 is 0 Å². The minimum Gasteiger partial charge on any atom is -0.423 e. The van der Waals surface area contributed by atoms with Gasteiger partial charge in [-0.05, 0) is 102 Å². The molecule has 0 bridgehead atoms. The standard InChI is InChI=1S/C66H71B2N3O7/c72-67(73)64-32-16-12-22-56(64)49-70(39-19-41-77-43-45-78-44-42-76-40-18-38-69-66(58-24-4-1-5-25-58,59-26-6-2-7-27-59)60-28-8-3-9-29-60)47-52-34-36-53(37-35-52)48-71(50-57-23-13-17-33-65(57)68(74)75)51-63-61-30-14-10-20-54(61)46-55-21-11-15-31-62(55)63/h1-17,20-37,46,69,72-75H,18-19,38-45,47-51H2. The third-order valence-electron chi connectivity index (χ3n) is 14.5. The number of rotatable bonds is 30. The summed E-state index contributed by atoms with van der Waals surface area (Å²) in [4.78, 5) is 4.70. The van der Waals surface area contributed by atoms with E-state index < -0.39 is 19.8 Å². The fraction of sp³-hybridized carbons (Fsp3) is 0.242. The average molecular weight is 1040 g/mol. The normalized spacial score (nSPS) is 11.8. The van der Waals surface area contributed by atoms with Gasteiger partial charge >= 0.3 is 14.2 Å². The molecule has 0 aliphatic carbocycles. The van der Waals surface area contributed by atoms with Crippen LogP contribution in [0.25, 0.3) is 21.5 Å². The molecule has 0 aliphatic rings. The summed E-state index contributed by atoms with van der Waals surface area (Å²) in [5, 5.41) is 49.9. The summed E-state index contributed by atoms with van der Waals surface area (Å²) in [6.45, 7) is 7.58. The highest BCUT2D eigenvalue weighted by atomic mass is 16.5. The minimum absolute atomic E-state index is 0.475. The van der Waals surface area contributed by atoms with Crippen molar-refractivity contribution >= 4 is 46.7 Å². The van der Waals surface area contributed by atoms with Crippen LogP contribution in [0.4, 0.5) is 0 Å². The number of ether oxygens (including phenoxy) is 3. The quantitative estimate of drug-likeness (QED) is 0.0129. The molecule has 0 heterocycles. The van der Waals surface area contributed by atoms with Gasteiger partial charge in [-0.1, -0.05) is 212 Å². The molecule has 9 rings (SSSR count). The van der Waals surface area contributed by atoms with E-state index in [4.69, 9.17) is 14.2 Å². The van der Waals surface area contributed by atoms with Crippen molar-refractivity contribution in [2.45, 2.75) is 51.1 Å². The SMILES string of the molecule is OB(O)c1ccccc1CN(CCCOCCOCCOCCCNC(c1ccccc1)(c1ccccc1)c1ccccc1)Cc1ccc(CN(Cc2ccccc2B(O)O)Cc2c3ccccc3cc3ccccc23)cc1. The summed E-state index contributed by atoms with van der Waals surface area (Å²) in [6.07, 6.45) is 1.62. The maximum Gasteiger partial charge on any atom is 0.488 e. The topological polar surface area (TPSA) is 127 Å². The number of nitrogens with one attached hydrogen (secondary N) is 1. The van der Waals surface area contributed by atoms with Gasteiger partial charge in [0.2, 0.25) is 0 Å². The molecular weight excluding hydrogens is 968 g/mol. The second kappa shape index (κ2) is 28.7. The molecule has 0 saturated carbocycles. The summed E-state index contributed by atoms with van der Waals surface area (Å²) in [5.41, 5.74) is 9.29. The number of nitrogens with zero attached hydrogens (tertiary/aromatic N) is 2. The van der Waals surface area contributed by atoms with Crippen molar-refractivity contribution in [2.24, 2.45) is 0 Å². The van der Waals surface area contributed by atoms with Gasteiger partial charge in [-0.3, -0.25) is 15.1 Å². The molecular formula is C66H71B2N3O7. The Morgan fingerprint density at radius 1 is 0.385 bits per heavy atom. The molecule has 9 aromatic rings. The molecule has 0 amide bonds. The Balaban J connectivity index is 0.762. The second-order valence-electron chi connectivity index (χ2n) is 19.9. The largest absolute Gasteiger partial charge is 0.488 e. The first-order valence-electron chi connectivity index (χ1n) is 27.3. The van der Waals surface area contributed by atoms with E-state index in [1.807, 2.05) is 36.4 Å². The lowest BCUT2D eigenvalue weighted by molar-refractivity contribution is 0.0124. The first-order valence-corrected chi connectivity index (χ1v) is 27.3. The van der Waals surface area contributed by atoms with Gasteiger partial charge in [-0.2, -0.15) is 0 Å². The summed E-state index contributed by atoms with van der Waals surface area (Å²) in [5.74, 6) is 0. The highest BCUT2D eigenvalue weighted by molar-refractivity contribution is 6.59. The maximum absolute atomic E-state index is 10.3. The number of fused-ring (bicyclic) bond motifs is 2. The zero-order valence-corrected chi connectivity index (χ0v) is 44.5. The molecule has 0 spiro atoms. The molecule has 398 valence electrons. The van der Waals surface area contributed by atoms with Crippen molar-refractivity contribution in [3.8, 4) is 0 Å². The van der Waals surface area contributed by atoms with Gasteiger partial charge < -0.3 is 34.3 Å². The molecule has 78 heavy (non-hydrogen) atoms. The lowest BCUT2D eigenvalue weighted by atomic mass is 9.77. The van der Waals surface area contributed by atoms with Crippen LogP contribution in [-0.2, 0) is 52.5 Å². The summed E-state index contributed by atoms with van der Waals surface area (Å²) < 4.78 is 17.9. The molecule has 0 fully saturated rings. The monoisotopic (exact) mass is 1040 g/mol. The van der Waals surface area contributed by atoms with Crippen molar-refractivity contribution in [3.05, 3.63) is 263 Å². The fourth-order valence-corrected chi connectivity index (χ4v) is 10.7. The highest BCUT2D eigenvalue weighted by Crippen LogP contribution is 2.37. The van der Waals surface area contributed by atoms with Crippen LogP contribution in [0.2, 0.25) is 0 Å². The Kier molecular flexibility index (Phi) is 20.6. The van der Waals surface area contributed by atoms with Gasteiger partial charge in [0.25, 0.3) is 0 Å². The Bertz CT molecular complexity index is 3070. The van der Waals surface area contributed by atoms with Crippen LogP contribution in [0, 0.1) is 0 Å². The molecule has 0 aromatic heterocycles. The van der Waals surface area contributed by atoms with E-state index >= 15 is 0 Å². The highest BCUT2D eigenvalue weighted by Gasteiger charge is 2.35. The number of benzene rings is 9. The van der Waals surface area contributed by atoms with E-state index in [-0.39, 0.29) is 0 Å². The van der Waals surface area contributed by atoms with Crippen LogP contribution < -0.4 is 16.2 Å². The molecule has 12 heteroatoms. The van der Waals surface area contributed by atoms with Crippen molar-refractivity contribution in [2.75, 3.05) is 52.7 Å². The molecule has 9 aromatic carbocycles. The first kappa shape index (κ1) is 56.0. The van der Waals surface area contributed by atoms with Crippen LogP contribution in [-0.4, -0.2) is 96.9 Å². The van der Waals surface area contributed by atoms with Crippen LogP contribution in [0.1, 0.15) is 57.3 Å². The number of hydrogen-bond donors (Lipinski definition) is 5. The Hall–Kier alpha value is -6.77. The van der Waals surface area contributed by atoms with Gasteiger partial charge in [-0.15, -0.1) is 0 Å². The summed E-state index contributed by atoms with van der Waals surface area (Å²) >= 11 is 0. The molecule has 0 radical (unpaired) electrons. The van der Waals surface area contributed by atoms with Crippen molar-refractivity contribution in [1.82, 2.24) is 15.1 Å². The van der Waals surface area contributed by atoms with Crippen molar-refractivity contribution in [3.63, 3.8) is 0 Å². The lowest BCUT2D eigenvalue weighted by Gasteiger charge is -2.37. The van der Waals surface area contributed by atoms with Gasteiger partial charge in [0.15, 0.2) is 0 Å². The van der Waals surface area contributed by atoms with Crippen LogP contribution in [0.15, 0.2) is 218 Å². The van der Waals surface area contributed by atoms with Gasteiger partial charge in [0, 0.05) is 52.5 Å². The van der Waals surface area contributed by atoms with Gasteiger partial charge in [-0.25, -0.2) is 0 Å². The Morgan fingerprint density at radius 3 is 1.27 bits per heavy atom. The Labute approximate surface area is 460 Å². The van der Waals surface area contributed by atoms with E-state index in [0.29, 0.717) is 83.3 Å². The minimum atomic E-state index is -1.58. The zero-order chi connectivity index (χ0) is 53.8. The molecule has 5 N–H and O–H groups in total. The van der Waals surface area contributed by atoms with E-state index in [0.717, 1.165) is 48.2 Å². The molecule has 0 atom stereocenters. The predicted octanol–water partition coefficient (Wildman–Crippen LogP) is 8.97. The van der Waals surface area contributed by atoms with Crippen molar-refractivity contribution < 1.29 is 34.3 Å². The van der Waals surface area contributed by atoms with Gasteiger partial charge in [0.05, 0.1) is 32.0 Å². The lowest BCUT2D eigenvalue weighted by Crippen LogP contribution is -2.45. The third kappa shape index (κ3) is 14.9. The summed E-state index contributed by atoms with van der Waals surface area (Å²) in [7, 11) is -3.14. The molecule has 0 aliphatic heterocycles. The third-order valence-corrected chi connectivity index (χ3v) is 14.5. The van der Waals surface area contributed by atoms with E-state index in [9.17, 15) is 20.1 Å². The maximum atomic E-state index is 10.3. The van der Waals surface area contributed by atoms with E-state index in [1.54, 1.807) is 12.1 Å².